The zero-order valence-electron chi connectivity index (χ0n) is 11.6. The monoisotopic (exact) mass is 290 g/mol. The highest BCUT2D eigenvalue weighted by Gasteiger charge is 2.23. The van der Waals surface area contributed by atoms with E-state index >= 15 is 0 Å². The number of hydrogen-bond donors (Lipinski definition) is 1. The van der Waals surface area contributed by atoms with Crippen molar-refractivity contribution in [3.05, 3.63) is 63.7 Å². The molecule has 0 aliphatic rings. The van der Waals surface area contributed by atoms with Crippen LogP contribution in [0, 0.1) is 6.92 Å². The normalized spacial score (nSPS) is 12.3. The lowest BCUT2D eigenvalue weighted by Gasteiger charge is -2.17. The smallest absolute Gasteiger partial charge is 0.344 e. The van der Waals surface area contributed by atoms with Gasteiger partial charge in [-0.15, -0.1) is 11.8 Å². The van der Waals surface area contributed by atoms with Crippen molar-refractivity contribution in [2.24, 2.45) is 0 Å². The number of benzene rings is 1. The molecule has 1 aromatic heterocycles. The van der Waals surface area contributed by atoms with Crippen LogP contribution in [-0.4, -0.2) is 10.9 Å². The van der Waals surface area contributed by atoms with Crippen molar-refractivity contribution in [1.82, 2.24) is 0 Å². The third-order valence-corrected chi connectivity index (χ3v) is 4.43. The second-order valence-corrected chi connectivity index (χ2v) is 5.82. The molecular weight excluding hydrogens is 272 g/mol. The van der Waals surface area contributed by atoms with Gasteiger partial charge in [0.15, 0.2) is 0 Å². The first kappa shape index (κ1) is 14.7. The van der Waals surface area contributed by atoms with Gasteiger partial charge >= 0.3 is 5.63 Å². The van der Waals surface area contributed by atoms with Crippen LogP contribution in [0.4, 0.5) is 0 Å². The maximum absolute atomic E-state index is 12.1. The number of aryl methyl sites for hydroxylation is 1. The summed E-state index contributed by atoms with van der Waals surface area (Å²) in [5, 5.41) is 9.93. The second kappa shape index (κ2) is 6.66. The maximum atomic E-state index is 12.1. The largest absolute Gasteiger partial charge is 0.507 e. The van der Waals surface area contributed by atoms with E-state index in [1.807, 2.05) is 30.3 Å². The van der Waals surface area contributed by atoms with Crippen LogP contribution < -0.4 is 5.63 Å². The summed E-state index contributed by atoms with van der Waals surface area (Å²) in [5.41, 5.74) is 0.873. The Balaban J connectivity index is 2.50. The van der Waals surface area contributed by atoms with Gasteiger partial charge in [-0.1, -0.05) is 37.3 Å². The zero-order chi connectivity index (χ0) is 14.5. The Kier molecular flexibility index (Phi) is 4.90. The summed E-state index contributed by atoms with van der Waals surface area (Å²) in [7, 11) is 0. The highest BCUT2D eigenvalue weighted by Crippen LogP contribution is 2.38. The Morgan fingerprint density at radius 3 is 2.60 bits per heavy atom. The van der Waals surface area contributed by atoms with Gasteiger partial charge in [0, 0.05) is 6.07 Å². The summed E-state index contributed by atoms with van der Waals surface area (Å²) in [6, 6.07) is 11.2. The van der Waals surface area contributed by atoms with Gasteiger partial charge in [0.25, 0.3) is 0 Å². The minimum Gasteiger partial charge on any atom is -0.507 e. The average Bonchev–Trinajstić information content (AvgIpc) is 2.42. The van der Waals surface area contributed by atoms with Gasteiger partial charge in [-0.05, 0) is 24.7 Å². The number of aromatic hydroxyl groups is 1. The van der Waals surface area contributed by atoms with Crippen LogP contribution in [0.15, 0.2) is 45.6 Å². The minimum absolute atomic E-state index is 0.0104. The van der Waals surface area contributed by atoms with Crippen molar-refractivity contribution in [1.29, 1.82) is 0 Å². The molecule has 1 aromatic carbocycles. The summed E-state index contributed by atoms with van der Waals surface area (Å²) < 4.78 is 5.14. The SMILES string of the molecule is CCCSC(c1ccccc1)c1c(O)cc(C)oc1=O. The summed E-state index contributed by atoms with van der Waals surface area (Å²) in [6.07, 6.45) is 1.01. The van der Waals surface area contributed by atoms with Gasteiger partial charge < -0.3 is 9.52 Å². The lowest BCUT2D eigenvalue weighted by molar-refractivity contribution is 0.424. The van der Waals surface area contributed by atoms with Gasteiger partial charge in [-0.3, -0.25) is 0 Å². The molecule has 106 valence electrons. The predicted octanol–water partition coefficient (Wildman–Crippen LogP) is 3.89. The molecule has 20 heavy (non-hydrogen) atoms. The van der Waals surface area contributed by atoms with Crippen LogP contribution in [0.3, 0.4) is 0 Å². The van der Waals surface area contributed by atoms with E-state index in [2.05, 4.69) is 6.92 Å². The van der Waals surface area contributed by atoms with Crippen molar-refractivity contribution in [3.8, 4) is 5.75 Å². The second-order valence-electron chi connectivity index (χ2n) is 4.60. The van der Waals surface area contributed by atoms with Crippen LogP contribution >= 0.6 is 11.8 Å². The van der Waals surface area contributed by atoms with E-state index < -0.39 is 5.63 Å². The number of rotatable bonds is 5. The first-order valence-corrected chi connectivity index (χ1v) is 7.68. The molecule has 0 bridgehead atoms. The lowest BCUT2D eigenvalue weighted by atomic mass is 10.1. The molecule has 0 spiro atoms. The molecule has 0 radical (unpaired) electrons. The van der Waals surface area contributed by atoms with Crippen LogP contribution in [0.25, 0.3) is 0 Å². The van der Waals surface area contributed by atoms with E-state index in [1.54, 1.807) is 18.7 Å². The molecule has 1 unspecified atom stereocenters. The zero-order valence-corrected chi connectivity index (χ0v) is 12.4. The third kappa shape index (κ3) is 3.25. The molecule has 2 aromatic rings. The van der Waals surface area contributed by atoms with Gasteiger partial charge in [0.1, 0.15) is 11.5 Å². The Morgan fingerprint density at radius 2 is 2.00 bits per heavy atom. The number of hydrogen-bond acceptors (Lipinski definition) is 4. The topological polar surface area (TPSA) is 50.4 Å². The Morgan fingerprint density at radius 1 is 1.30 bits per heavy atom. The van der Waals surface area contributed by atoms with Gasteiger partial charge in [0.2, 0.25) is 0 Å². The molecule has 4 heteroatoms. The fraction of sp³-hybridized carbons (Fsp3) is 0.312. The molecule has 1 atom stereocenters. The van der Waals surface area contributed by atoms with E-state index in [-0.39, 0.29) is 11.0 Å². The molecule has 1 N–H and O–H groups in total. The molecule has 3 nitrogen and oxygen atoms in total. The quantitative estimate of drug-likeness (QED) is 0.907. The predicted molar refractivity (Wildman–Crippen MR) is 82.4 cm³/mol. The Bertz CT molecular complexity index is 619. The third-order valence-electron chi connectivity index (χ3n) is 2.94. The highest BCUT2D eigenvalue weighted by molar-refractivity contribution is 7.99. The molecule has 0 saturated heterocycles. The highest BCUT2D eigenvalue weighted by atomic mass is 32.2. The van der Waals surface area contributed by atoms with E-state index in [0.717, 1.165) is 17.7 Å². The van der Waals surface area contributed by atoms with Gasteiger partial charge in [-0.25, -0.2) is 4.79 Å². The summed E-state index contributed by atoms with van der Waals surface area (Å²) >= 11 is 1.64. The molecule has 0 aliphatic heterocycles. The maximum Gasteiger partial charge on any atom is 0.344 e. The Labute approximate surface area is 122 Å². The van der Waals surface area contributed by atoms with Crippen LogP contribution in [0.5, 0.6) is 5.75 Å². The first-order chi connectivity index (χ1) is 9.63. The van der Waals surface area contributed by atoms with Crippen molar-refractivity contribution in [3.63, 3.8) is 0 Å². The van der Waals surface area contributed by atoms with Gasteiger partial charge in [-0.2, -0.15) is 0 Å². The standard InChI is InChI=1S/C16H18O3S/c1-3-9-20-15(12-7-5-4-6-8-12)14-13(17)10-11(2)19-16(14)18/h4-8,10,15,17H,3,9H2,1-2H3. The van der Waals surface area contributed by atoms with E-state index in [9.17, 15) is 9.90 Å². The summed E-state index contributed by atoms with van der Waals surface area (Å²) in [5.74, 6) is 1.34. The van der Waals surface area contributed by atoms with Crippen molar-refractivity contribution >= 4 is 11.8 Å². The van der Waals surface area contributed by atoms with E-state index in [1.165, 1.54) is 6.07 Å². The van der Waals surface area contributed by atoms with Crippen molar-refractivity contribution < 1.29 is 9.52 Å². The molecule has 0 aliphatic carbocycles. The van der Waals surface area contributed by atoms with E-state index in [4.69, 9.17) is 4.42 Å². The van der Waals surface area contributed by atoms with Crippen molar-refractivity contribution in [2.75, 3.05) is 5.75 Å². The summed E-state index contributed by atoms with van der Waals surface area (Å²) in [4.78, 5) is 12.1. The van der Waals surface area contributed by atoms with Crippen LogP contribution in [0.1, 0.15) is 35.5 Å². The van der Waals surface area contributed by atoms with Crippen molar-refractivity contribution in [2.45, 2.75) is 25.5 Å². The fourth-order valence-corrected chi connectivity index (χ4v) is 3.26. The molecule has 0 amide bonds. The first-order valence-electron chi connectivity index (χ1n) is 6.63. The Hall–Kier alpha value is -1.68. The van der Waals surface area contributed by atoms with Crippen LogP contribution in [-0.2, 0) is 0 Å². The fourth-order valence-electron chi connectivity index (χ4n) is 2.06. The molecule has 0 fully saturated rings. The van der Waals surface area contributed by atoms with Gasteiger partial charge in [0.05, 0.1) is 10.8 Å². The van der Waals surface area contributed by atoms with E-state index in [0.29, 0.717) is 11.3 Å². The summed E-state index contributed by atoms with van der Waals surface area (Å²) in [6.45, 7) is 3.74. The molecule has 0 saturated carbocycles. The average molecular weight is 290 g/mol. The minimum atomic E-state index is -0.458. The van der Waals surface area contributed by atoms with Crippen LogP contribution in [0.2, 0.25) is 0 Å². The molecule has 2 rings (SSSR count). The molecular formula is C16H18O3S. The number of thioether (sulfide) groups is 1. The molecule has 1 heterocycles. The lowest BCUT2D eigenvalue weighted by Crippen LogP contribution is -2.13.